The van der Waals surface area contributed by atoms with Crippen LogP contribution in [0.4, 0.5) is 10.1 Å². The molecule has 0 spiro atoms. The van der Waals surface area contributed by atoms with Crippen molar-refractivity contribution >= 4 is 33.0 Å². The lowest BCUT2D eigenvalue weighted by molar-refractivity contribution is -0.120. The molecule has 1 N–H and O–H groups in total. The van der Waals surface area contributed by atoms with E-state index < -0.39 is 21.8 Å². The maximum atomic E-state index is 13.4. The number of amides is 1. The Morgan fingerprint density at radius 3 is 2.88 bits per heavy atom. The van der Waals surface area contributed by atoms with Gasteiger partial charge < -0.3 is 5.32 Å². The van der Waals surface area contributed by atoms with E-state index in [1.807, 2.05) is 0 Å². The van der Waals surface area contributed by atoms with Gasteiger partial charge in [-0.15, -0.1) is 11.3 Å². The van der Waals surface area contributed by atoms with Crippen LogP contribution in [0.1, 0.15) is 18.4 Å². The SMILES string of the molecule is Cc1ccc(F)cc1NC(=O)[C@@H]1CCCN(S(=O)(=O)c2cccs2)C1. The third-order valence-corrected chi connectivity index (χ3v) is 7.54. The number of halogens is 1. The van der Waals surface area contributed by atoms with Gasteiger partial charge in [0.25, 0.3) is 10.0 Å². The van der Waals surface area contributed by atoms with Gasteiger partial charge in [0, 0.05) is 18.8 Å². The molecule has 134 valence electrons. The average molecular weight is 382 g/mol. The Labute approximate surface area is 150 Å². The highest BCUT2D eigenvalue weighted by atomic mass is 32.2. The normalized spacial score (nSPS) is 18.9. The summed E-state index contributed by atoms with van der Waals surface area (Å²) in [4.78, 5) is 12.5. The van der Waals surface area contributed by atoms with Gasteiger partial charge in [-0.1, -0.05) is 12.1 Å². The van der Waals surface area contributed by atoms with E-state index in [-0.39, 0.29) is 16.7 Å². The molecule has 0 aliphatic carbocycles. The maximum Gasteiger partial charge on any atom is 0.252 e. The van der Waals surface area contributed by atoms with Crippen molar-refractivity contribution in [1.82, 2.24) is 4.31 Å². The first kappa shape index (κ1) is 18.0. The Morgan fingerprint density at radius 2 is 2.16 bits per heavy atom. The topological polar surface area (TPSA) is 66.5 Å². The standard InChI is InChI=1S/C17H19FN2O3S2/c1-12-6-7-14(18)10-15(12)19-17(21)13-4-2-8-20(11-13)25(22,23)16-5-3-9-24-16/h3,5-7,9-10,13H,2,4,8,11H2,1H3,(H,19,21)/t13-/m1/s1. The molecule has 0 unspecified atom stereocenters. The highest BCUT2D eigenvalue weighted by molar-refractivity contribution is 7.91. The molecule has 3 rings (SSSR count). The van der Waals surface area contributed by atoms with Gasteiger partial charge in [-0.2, -0.15) is 4.31 Å². The van der Waals surface area contributed by atoms with Crippen LogP contribution >= 0.6 is 11.3 Å². The molecule has 25 heavy (non-hydrogen) atoms. The molecule has 8 heteroatoms. The second-order valence-electron chi connectivity index (χ2n) is 6.08. The van der Waals surface area contributed by atoms with Crippen LogP contribution < -0.4 is 5.32 Å². The van der Waals surface area contributed by atoms with Crippen molar-refractivity contribution in [3.63, 3.8) is 0 Å². The van der Waals surface area contributed by atoms with E-state index in [0.717, 1.165) is 5.56 Å². The third kappa shape index (κ3) is 3.91. The molecule has 0 radical (unpaired) electrons. The van der Waals surface area contributed by atoms with Crippen molar-refractivity contribution < 1.29 is 17.6 Å². The molecule has 1 aliphatic rings. The average Bonchev–Trinajstić information content (AvgIpc) is 3.13. The summed E-state index contributed by atoms with van der Waals surface area (Å²) in [6.07, 6.45) is 1.22. The molecule has 5 nitrogen and oxygen atoms in total. The van der Waals surface area contributed by atoms with Gasteiger partial charge in [-0.05, 0) is 48.9 Å². The highest BCUT2D eigenvalue weighted by Crippen LogP contribution is 2.27. The molecule has 0 bridgehead atoms. The number of nitrogens with one attached hydrogen (secondary N) is 1. The summed E-state index contributed by atoms with van der Waals surface area (Å²) in [5, 5.41) is 4.45. The molecular formula is C17H19FN2O3S2. The van der Waals surface area contributed by atoms with E-state index in [9.17, 15) is 17.6 Å². The lowest BCUT2D eigenvalue weighted by Gasteiger charge is -2.30. The van der Waals surface area contributed by atoms with Crippen LogP contribution in [0.25, 0.3) is 0 Å². The number of anilines is 1. The number of aryl methyl sites for hydroxylation is 1. The van der Waals surface area contributed by atoms with Crippen LogP contribution in [0.3, 0.4) is 0 Å². The van der Waals surface area contributed by atoms with Crippen LogP contribution in [-0.2, 0) is 14.8 Å². The van der Waals surface area contributed by atoms with Gasteiger partial charge in [0.05, 0.1) is 5.92 Å². The summed E-state index contributed by atoms with van der Waals surface area (Å²) in [5.41, 5.74) is 1.18. The molecule has 2 heterocycles. The predicted octanol–water partition coefficient (Wildman–Crippen LogP) is 3.24. The van der Waals surface area contributed by atoms with Crippen LogP contribution in [-0.4, -0.2) is 31.7 Å². The molecule has 1 aromatic heterocycles. The van der Waals surface area contributed by atoms with E-state index in [2.05, 4.69) is 5.32 Å². The van der Waals surface area contributed by atoms with Gasteiger partial charge >= 0.3 is 0 Å². The number of benzene rings is 1. The number of sulfonamides is 1. The summed E-state index contributed by atoms with van der Waals surface area (Å²) in [5.74, 6) is -1.16. The molecule has 2 aromatic rings. The number of hydrogen-bond acceptors (Lipinski definition) is 4. The Balaban J connectivity index is 1.73. The first-order valence-corrected chi connectivity index (χ1v) is 10.3. The number of hydrogen-bond donors (Lipinski definition) is 1. The molecule has 1 amide bonds. The molecule has 1 atom stereocenters. The van der Waals surface area contributed by atoms with Crippen molar-refractivity contribution in [2.24, 2.45) is 5.92 Å². The van der Waals surface area contributed by atoms with Crippen molar-refractivity contribution in [1.29, 1.82) is 0 Å². The molecule has 1 saturated heterocycles. The summed E-state index contributed by atoms with van der Waals surface area (Å²) >= 11 is 1.17. The van der Waals surface area contributed by atoms with Crippen molar-refractivity contribution in [3.05, 3.63) is 47.1 Å². The minimum Gasteiger partial charge on any atom is -0.325 e. The number of carbonyl (C=O) groups excluding carboxylic acids is 1. The molecular weight excluding hydrogens is 363 g/mol. The van der Waals surface area contributed by atoms with Crippen LogP contribution in [0, 0.1) is 18.7 Å². The van der Waals surface area contributed by atoms with Crippen molar-refractivity contribution in [2.45, 2.75) is 24.0 Å². The minimum atomic E-state index is -3.56. The number of rotatable bonds is 4. The van der Waals surface area contributed by atoms with E-state index >= 15 is 0 Å². The predicted molar refractivity (Wildman–Crippen MR) is 95.6 cm³/mol. The summed E-state index contributed by atoms with van der Waals surface area (Å²) in [6, 6.07) is 7.47. The summed E-state index contributed by atoms with van der Waals surface area (Å²) < 4.78 is 40.3. The molecule has 1 fully saturated rings. The van der Waals surface area contributed by atoms with Crippen LogP contribution in [0.5, 0.6) is 0 Å². The minimum absolute atomic E-state index is 0.139. The smallest absolute Gasteiger partial charge is 0.252 e. The molecule has 1 aromatic carbocycles. The van der Waals surface area contributed by atoms with E-state index in [4.69, 9.17) is 0 Å². The number of carbonyl (C=O) groups is 1. The zero-order chi connectivity index (χ0) is 18.0. The second kappa shape index (κ2) is 7.23. The van der Waals surface area contributed by atoms with Crippen molar-refractivity contribution in [3.8, 4) is 0 Å². The van der Waals surface area contributed by atoms with E-state index in [1.165, 1.54) is 27.8 Å². The zero-order valence-electron chi connectivity index (χ0n) is 13.7. The Morgan fingerprint density at radius 1 is 1.36 bits per heavy atom. The van der Waals surface area contributed by atoms with E-state index in [1.54, 1.807) is 30.5 Å². The summed E-state index contributed by atoms with van der Waals surface area (Å²) in [7, 11) is -3.56. The Hall–Kier alpha value is -1.77. The molecule has 1 aliphatic heterocycles. The summed E-state index contributed by atoms with van der Waals surface area (Å²) in [6.45, 7) is 2.33. The maximum absolute atomic E-state index is 13.4. The monoisotopic (exact) mass is 382 g/mol. The largest absolute Gasteiger partial charge is 0.325 e. The second-order valence-corrected chi connectivity index (χ2v) is 9.20. The fourth-order valence-corrected chi connectivity index (χ4v) is 5.54. The van der Waals surface area contributed by atoms with Gasteiger partial charge in [-0.3, -0.25) is 4.79 Å². The lowest BCUT2D eigenvalue weighted by Crippen LogP contribution is -2.43. The van der Waals surface area contributed by atoms with E-state index in [0.29, 0.717) is 25.1 Å². The number of thiophene rings is 1. The number of nitrogens with zero attached hydrogens (tertiary/aromatic N) is 1. The van der Waals surface area contributed by atoms with Crippen molar-refractivity contribution in [2.75, 3.05) is 18.4 Å². The zero-order valence-corrected chi connectivity index (χ0v) is 15.4. The first-order chi connectivity index (χ1) is 11.9. The quantitative estimate of drug-likeness (QED) is 0.883. The Kier molecular flexibility index (Phi) is 5.21. The molecule has 0 saturated carbocycles. The third-order valence-electron chi connectivity index (χ3n) is 4.30. The lowest BCUT2D eigenvalue weighted by atomic mass is 9.98. The Bertz CT molecular complexity index is 866. The van der Waals surface area contributed by atoms with Crippen LogP contribution in [0.15, 0.2) is 39.9 Å². The van der Waals surface area contributed by atoms with Gasteiger partial charge in [0.2, 0.25) is 5.91 Å². The van der Waals surface area contributed by atoms with Crippen LogP contribution in [0.2, 0.25) is 0 Å². The fraction of sp³-hybridized carbons (Fsp3) is 0.353. The number of piperidine rings is 1. The van der Waals surface area contributed by atoms with Gasteiger partial charge in [0.15, 0.2) is 0 Å². The van der Waals surface area contributed by atoms with Gasteiger partial charge in [-0.25, -0.2) is 12.8 Å². The van der Waals surface area contributed by atoms with Gasteiger partial charge in [0.1, 0.15) is 10.0 Å². The first-order valence-electron chi connectivity index (χ1n) is 7.98. The highest BCUT2D eigenvalue weighted by Gasteiger charge is 2.33. The fourth-order valence-electron chi connectivity index (χ4n) is 2.88.